The van der Waals surface area contributed by atoms with E-state index in [1.807, 2.05) is 34.8 Å². The van der Waals surface area contributed by atoms with E-state index in [4.69, 9.17) is 10.4 Å². The largest absolute Gasteiger partial charge is 0.348 e. The van der Waals surface area contributed by atoms with E-state index in [2.05, 4.69) is 16.0 Å². The maximum Gasteiger partial charge on any atom is 0.154 e. The third-order valence-corrected chi connectivity index (χ3v) is 5.44. The molecule has 0 bridgehead atoms. The van der Waals surface area contributed by atoms with Crippen LogP contribution in [0.1, 0.15) is 30.0 Å². The number of rotatable bonds is 3. The van der Waals surface area contributed by atoms with Gasteiger partial charge in [-0.05, 0) is 54.8 Å². The third-order valence-electron chi connectivity index (χ3n) is 5.44. The van der Waals surface area contributed by atoms with Crippen LogP contribution >= 0.6 is 0 Å². The lowest BCUT2D eigenvalue weighted by atomic mass is 10.0. The van der Waals surface area contributed by atoms with E-state index in [0.29, 0.717) is 5.56 Å². The molecule has 29 heavy (non-hydrogen) atoms. The van der Waals surface area contributed by atoms with Gasteiger partial charge in [0.1, 0.15) is 11.6 Å². The van der Waals surface area contributed by atoms with Crippen LogP contribution in [0.25, 0.3) is 16.9 Å². The second-order valence-corrected chi connectivity index (χ2v) is 7.20. The zero-order valence-electron chi connectivity index (χ0n) is 15.7. The van der Waals surface area contributed by atoms with Crippen LogP contribution in [0, 0.1) is 17.1 Å². The number of fused-ring (bicyclic) bond motifs is 1. The number of halogens is 1. The lowest BCUT2D eigenvalue weighted by molar-refractivity contribution is 0.617. The van der Waals surface area contributed by atoms with Crippen LogP contribution in [0.2, 0.25) is 0 Å². The van der Waals surface area contributed by atoms with Crippen LogP contribution in [-0.2, 0) is 0 Å². The lowest BCUT2D eigenvalue weighted by Gasteiger charge is -2.26. The highest BCUT2D eigenvalue weighted by atomic mass is 19.1. The smallest absolute Gasteiger partial charge is 0.154 e. The molecule has 0 radical (unpaired) electrons. The fraction of sp³-hybridized carbons (Fsp3) is 0.174. The Hall–Kier alpha value is -3.72. The van der Waals surface area contributed by atoms with Crippen molar-refractivity contribution in [1.82, 2.24) is 14.6 Å². The van der Waals surface area contributed by atoms with Crippen LogP contribution in [0.3, 0.4) is 0 Å². The SMILES string of the molecule is N#Cc1ccc(-c2cnc3ccc(N4CCC[C@@H]4c4cccc(F)c4)nn23)cc1. The number of imidazole rings is 1. The monoisotopic (exact) mass is 383 g/mol. The number of benzene rings is 2. The number of anilines is 1. The highest BCUT2D eigenvalue weighted by Gasteiger charge is 2.28. The number of hydrogen-bond acceptors (Lipinski definition) is 4. The van der Waals surface area contributed by atoms with Gasteiger partial charge >= 0.3 is 0 Å². The zero-order valence-corrected chi connectivity index (χ0v) is 15.7. The summed E-state index contributed by atoms with van der Waals surface area (Å²) in [6.45, 7) is 0.876. The predicted molar refractivity (Wildman–Crippen MR) is 109 cm³/mol. The third kappa shape index (κ3) is 3.11. The average molecular weight is 383 g/mol. The van der Waals surface area contributed by atoms with Gasteiger partial charge in [0.05, 0.1) is 29.6 Å². The van der Waals surface area contributed by atoms with Crippen LogP contribution in [0.15, 0.2) is 66.9 Å². The van der Waals surface area contributed by atoms with Gasteiger partial charge in [-0.2, -0.15) is 5.26 Å². The maximum absolute atomic E-state index is 13.7. The molecule has 0 spiro atoms. The van der Waals surface area contributed by atoms with Gasteiger partial charge in [-0.15, -0.1) is 5.10 Å². The number of nitriles is 1. The van der Waals surface area contributed by atoms with Crippen LogP contribution < -0.4 is 4.90 Å². The van der Waals surface area contributed by atoms with Gasteiger partial charge in [0.2, 0.25) is 0 Å². The van der Waals surface area contributed by atoms with Gasteiger partial charge in [-0.25, -0.2) is 13.9 Å². The molecule has 1 fully saturated rings. The molecule has 1 saturated heterocycles. The molecule has 5 rings (SSSR count). The quantitative estimate of drug-likeness (QED) is 0.512. The number of aromatic nitrogens is 3. The zero-order chi connectivity index (χ0) is 19.8. The van der Waals surface area contributed by atoms with E-state index in [1.165, 1.54) is 6.07 Å². The first-order valence-electron chi connectivity index (χ1n) is 9.60. The van der Waals surface area contributed by atoms with Gasteiger partial charge in [-0.3, -0.25) is 0 Å². The Morgan fingerprint density at radius 1 is 1.07 bits per heavy atom. The Labute approximate surface area is 167 Å². The van der Waals surface area contributed by atoms with E-state index in [9.17, 15) is 4.39 Å². The molecule has 1 aliphatic heterocycles. The molecule has 0 unspecified atom stereocenters. The molecule has 6 heteroatoms. The maximum atomic E-state index is 13.7. The number of hydrogen-bond donors (Lipinski definition) is 0. The first-order chi connectivity index (χ1) is 14.2. The lowest BCUT2D eigenvalue weighted by Crippen LogP contribution is -2.24. The Bertz CT molecular complexity index is 1220. The van der Waals surface area contributed by atoms with Crippen LogP contribution in [-0.4, -0.2) is 21.1 Å². The molecule has 0 saturated carbocycles. The molecule has 0 amide bonds. The summed E-state index contributed by atoms with van der Waals surface area (Å²) < 4.78 is 15.6. The summed E-state index contributed by atoms with van der Waals surface area (Å²) in [5.74, 6) is 0.632. The average Bonchev–Trinajstić information content (AvgIpc) is 3.40. The van der Waals surface area contributed by atoms with Crippen molar-refractivity contribution in [3.8, 4) is 17.3 Å². The topological polar surface area (TPSA) is 57.2 Å². The van der Waals surface area contributed by atoms with E-state index in [-0.39, 0.29) is 11.9 Å². The van der Waals surface area contributed by atoms with Gasteiger partial charge in [0.15, 0.2) is 5.65 Å². The first-order valence-corrected chi connectivity index (χ1v) is 9.60. The summed E-state index contributed by atoms with van der Waals surface area (Å²) in [5, 5.41) is 13.9. The van der Waals surface area contributed by atoms with Crippen LogP contribution in [0.5, 0.6) is 0 Å². The highest BCUT2D eigenvalue weighted by molar-refractivity contribution is 5.64. The Morgan fingerprint density at radius 2 is 1.93 bits per heavy atom. The normalized spacial score (nSPS) is 16.3. The molecule has 1 atom stereocenters. The fourth-order valence-corrected chi connectivity index (χ4v) is 4.03. The van der Waals surface area contributed by atoms with Crippen molar-refractivity contribution in [2.75, 3.05) is 11.4 Å². The van der Waals surface area contributed by atoms with E-state index < -0.39 is 0 Å². The molecule has 2 aromatic heterocycles. The summed E-state index contributed by atoms with van der Waals surface area (Å²) in [6, 6.07) is 20.4. The van der Waals surface area contributed by atoms with Crippen molar-refractivity contribution in [2.45, 2.75) is 18.9 Å². The molecule has 3 heterocycles. The Balaban J connectivity index is 1.54. The Kier molecular flexibility index (Phi) is 4.21. The first kappa shape index (κ1) is 17.4. The summed E-state index contributed by atoms with van der Waals surface area (Å²) in [7, 11) is 0. The molecule has 0 N–H and O–H groups in total. The standard InChI is InChI=1S/C23H18FN5/c24-19-4-1-3-18(13-19)20-5-2-12-28(20)23-11-10-22-26-15-21(29(22)27-23)17-8-6-16(14-25)7-9-17/h1,3-4,6-11,13,15,20H,2,5,12H2/t20-/m1/s1. The van der Waals surface area contributed by atoms with Gasteiger partial charge in [0.25, 0.3) is 0 Å². The van der Waals surface area contributed by atoms with Crippen molar-refractivity contribution in [2.24, 2.45) is 0 Å². The van der Waals surface area contributed by atoms with Crippen molar-refractivity contribution >= 4 is 11.5 Å². The van der Waals surface area contributed by atoms with Crippen molar-refractivity contribution in [3.05, 3.63) is 83.8 Å². The molecule has 5 nitrogen and oxygen atoms in total. The summed E-state index contributed by atoms with van der Waals surface area (Å²) in [6.07, 6.45) is 3.80. The van der Waals surface area contributed by atoms with Crippen molar-refractivity contribution < 1.29 is 4.39 Å². The molecular formula is C23H18FN5. The van der Waals surface area contributed by atoms with Crippen molar-refractivity contribution in [1.29, 1.82) is 5.26 Å². The predicted octanol–water partition coefficient (Wildman–Crippen LogP) is 4.75. The summed E-state index contributed by atoms with van der Waals surface area (Å²) in [5.41, 5.74) is 4.17. The van der Waals surface area contributed by atoms with E-state index in [0.717, 1.165) is 47.7 Å². The molecular weight excluding hydrogens is 365 g/mol. The second kappa shape index (κ2) is 7.02. The van der Waals surface area contributed by atoms with E-state index in [1.54, 1.807) is 30.5 Å². The van der Waals surface area contributed by atoms with Gasteiger partial charge < -0.3 is 4.90 Å². The Morgan fingerprint density at radius 3 is 2.72 bits per heavy atom. The highest BCUT2D eigenvalue weighted by Crippen LogP contribution is 2.35. The summed E-state index contributed by atoms with van der Waals surface area (Å²) in [4.78, 5) is 6.69. The van der Waals surface area contributed by atoms with Crippen molar-refractivity contribution in [3.63, 3.8) is 0 Å². The minimum atomic E-state index is -0.213. The van der Waals surface area contributed by atoms with Gasteiger partial charge in [0, 0.05) is 12.1 Å². The minimum Gasteiger partial charge on any atom is -0.348 e. The van der Waals surface area contributed by atoms with Crippen LogP contribution in [0.4, 0.5) is 10.2 Å². The number of nitrogens with zero attached hydrogens (tertiary/aromatic N) is 5. The molecule has 1 aliphatic rings. The molecule has 2 aromatic carbocycles. The minimum absolute atomic E-state index is 0.109. The molecule has 4 aromatic rings. The second-order valence-electron chi connectivity index (χ2n) is 7.20. The van der Waals surface area contributed by atoms with Gasteiger partial charge in [-0.1, -0.05) is 24.3 Å². The van der Waals surface area contributed by atoms with E-state index >= 15 is 0 Å². The molecule has 142 valence electrons. The summed E-state index contributed by atoms with van der Waals surface area (Å²) >= 11 is 0. The molecule has 0 aliphatic carbocycles. The fourth-order valence-electron chi connectivity index (χ4n) is 4.03.